The van der Waals surface area contributed by atoms with Crippen molar-refractivity contribution in [3.63, 3.8) is 0 Å². The third kappa shape index (κ3) is 2.99. The minimum absolute atomic E-state index is 0.293. The molecule has 0 saturated carbocycles. The van der Waals surface area contributed by atoms with Crippen LogP contribution in [-0.2, 0) is 17.6 Å². The summed E-state index contributed by atoms with van der Waals surface area (Å²) in [4.78, 5) is 21.1. The molecule has 1 aromatic carbocycles. The van der Waals surface area contributed by atoms with Gasteiger partial charge in [0.25, 0.3) is 5.95 Å². The van der Waals surface area contributed by atoms with Crippen molar-refractivity contribution >= 4 is 21.9 Å². The topological polar surface area (TPSA) is 79.1 Å². The van der Waals surface area contributed by atoms with Crippen molar-refractivity contribution in [1.82, 2.24) is 19.7 Å². The van der Waals surface area contributed by atoms with Gasteiger partial charge in [-0.2, -0.15) is 9.78 Å². The summed E-state index contributed by atoms with van der Waals surface area (Å²) in [6.45, 7) is 2.07. The quantitative estimate of drug-likeness (QED) is 0.592. The molecule has 0 amide bonds. The van der Waals surface area contributed by atoms with E-state index < -0.39 is 5.97 Å². The Morgan fingerprint density at radius 3 is 2.74 bits per heavy atom. The van der Waals surface area contributed by atoms with Gasteiger partial charge >= 0.3 is 5.97 Å². The summed E-state index contributed by atoms with van der Waals surface area (Å²) in [5.74, 6) is 0.744. The van der Waals surface area contributed by atoms with E-state index in [9.17, 15) is 4.79 Å². The first-order chi connectivity index (χ1) is 13.1. The predicted molar refractivity (Wildman–Crippen MR) is 102 cm³/mol. The van der Waals surface area contributed by atoms with Crippen LogP contribution in [0.3, 0.4) is 0 Å². The lowest BCUT2D eigenvalue weighted by atomic mass is 9.88. The summed E-state index contributed by atoms with van der Waals surface area (Å²) in [5, 5.41) is 4.52. The highest BCUT2D eigenvalue weighted by molar-refractivity contribution is 9.10. The van der Waals surface area contributed by atoms with E-state index in [1.807, 2.05) is 12.1 Å². The molecule has 7 nitrogen and oxygen atoms in total. The van der Waals surface area contributed by atoms with Crippen LogP contribution < -0.4 is 4.74 Å². The third-order valence-electron chi connectivity index (χ3n) is 4.47. The lowest BCUT2D eigenvalue weighted by Gasteiger charge is -2.20. The minimum Gasteiger partial charge on any atom is -0.496 e. The summed E-state index contributed by atoms with van der Waals surface area (Å²) in [6.07, 6.45) is 4.75. The number of benzene rings is 1. The molecule has 4 rings (SSSR count). The average Bonchev–Trinajstić information content (AvgIpc) is 3.08. The number of carbonyl (C=O) groups excluding carboxylic acids is 1. The predicted octanol–water partition coefficient (Wildman–Crippen LogP) is 3.38. The van der Waals surface area contributed by atoms with Crippen LogP contribution in [0.4, 0.5) is 0 Å². The van der Waals surface area contributed by atoms with Gasteiger partial charge in [-0.25, -0.2) is 14.8 Å². The monoisotopic (exact) mass is 428 g/mol. The van der Waals surface area contributed by atoms with Crippen LogP contribution in [0, 0.1) is 0 Å². The molecule has 0 N–H and O–H groups in total. The zero-order valence-corrected chi connectivity index (χ0v) is 16.5. The molecule has 0 saturated heterocycles. The van der Waals surface area contributed by atoms with E-state index in [0.717, 1.165) is 39.0 Å². The average molecular weight is 429 g/mol. The SMILES string of the molecule is CCOC(=O)c1nn(-c2ncccn2)c2c1CCc1cc(OC)c(Br)cc1-2. The standard InChI is InChI=1S/C19H17BrN4O3/c1-3-27-18(25)16-12-6-5-11-9-15(26-2)14(20)10-13(11)17(12)24(23-16)19-21-7-4-8-22-19/h4,7-10H,3,5-6H2,1-2H3. The number of nitrogens with zero attached hydrogens (tertiary/aromatic N) is 4. The van der Waals surface area contributed by atoms with Gasteiger partial charge in [-0.3, -0.25) is 0 Å². The minimum atomic E-state index is -0.431. The van der Waals surface area contributed by atoms with Crippen LogP contribution in [0.2, 0.25) is 0 Å². The fraction of sp³-hybridized carbons (Fsp3) is 0.263. The van der Waals surface area contributed by atoms with Gasteiger partial charge in [0.2, 0.25) is 0 Å². The van der Waals surface area contributed by atoms with Crippen LogP contribution in [0.25, 0.3) is 17.2 Å². The maximum atomic E-state index is 12.5. The molecule has 2 aromatic heterocycles. The normalized spacial score (nSPS) is 12.3. The van der Waals surface area contributed by atoms with Crippen molar-refractivity contribution < 1.29 is 14.3 Å². The fourth-order valence-electron chi connectivity index (χ4n) is 3.31. The highest BCUT2D eigenvalue weighted by Gasteiger charge is 2.31. The molecule has 8 heteroatoms. The van der Waals surface area contributed by atoms with Crippen LogP contribution in [0.5, 0.6) is 5.75 Å². The maximum absolute atomic E-state index is 12.5. The number of halogens is 1. The molecule has 0 aliphatic heterocycles. The Morgan fingerprint density at radius 1 is 1.26 bits per heavy atom. The molecule has 3 aromatic rings. The van der Waals surface area contributed by atoms with Gasteiger partial charge in [-0.15, -0.1) is 0 Å². The Balaban J connectivity index is 1.97. The van der Waals surface area contributed by atoms with Crippen molar-refractivity contribution in [2.75, 3.05) is 13.7 Å². The number of aromatic nitrogens is 4. The molecule has 0 atom stereocenters. The van der Waals surface area contributed by atoms with Gasteiger partial charge in [0.1, 0.15) is 5.75 Å². The van der Waals surface area contributed by atoms with E-state index in [0.29, 0.717) is 24.7 Å². The summed E-state index contributed by atoms with van der Waals surface area (Å²) in [7, 11) is 1.64. The third-order valence-corrected chi connectivity index (χ3v) is 5.09. The lowest BCUT2D eigenvalue weighted by Crippen LogP contribution is -2.11. The van der Waals surface area contributed by atoms with Crippen molar-refractivity contribution in [3.8, 4) is 23.0 Å². The first-order valence-corrected chi connectivity index (χ1v) is 9.36. The van der Waals surface area contributed by atoms with Gasteiger partial charge in [0.05, 0.1) is 23.9 Å². The number of rotatable bonds is 4. The Bertz CT molecular complexity index is 1020. The van der Waals surface area contributed by atoms with Crippen molar-refractivity contribution in [1.29, 1.82) is 0 Å². The van der Waals surface area contributed by atoms with Gasteiger partial charge in [0, 0.05) is 23.5 Å². The molecule has 0 bridgehead atoms. The zero-order valence-electron chi connectivity index (χ0n) is 14.9. The van der Waals surface area contributed by atoms with E-state index >= 15 is 0 Å². The summed E-state index contributed by atoms with van der Waals surface area (Å²) < 4.78 is 13.1. The van der Waals surface area contributed by atoms with Gasteiger partial charge < -0.3 is 9.47 Å². The Kier molecular flexibility index (Phi) is 4.65. The smallest absolute Gasteiger partial charge is 0.359 e. The molecular formula is C19H17BrN4O3. The number of methoxy groups -OCH3 is 1. The summed E-state index contributed by atoms with van der Waals surface area (Å²) in [5.41, 5.74) is 4.07. The van der Waals surface area contributed by atoms with Crippen LogP contribution in [0.1, 0.15) is 28.5 Å². The molecule has 0 spiro atoms. The fourth-order valence-corrected chi connectivity index (χ4v) is 3.82. The van der Waals surface area contributed by atoms with Gasteiger partial charge in [-0.1, -0.05) is 0 Å². The van der Waals surface area contributed by atoms with Gasteiger partial charge in [-0.05, 0) is 59.5 Å². The highest BCUT2D eigenvalue weighted by Crippen LogP contribution is 2.41. The number of hydrogen-bond donors (Lipinski definition) is 0. The van der Waals surface area contributed by atoms with Crippen molar-refractivity contribution in [2.24, 2.45) is 0 Å². The van der Waals surface area contributed by atoms with E-state index in [2.05, 4.69) is 31.0 Å². The Labute approximate surface area is 164 Å². The van der Waals surface area contributed by atoms with Crippen molar-refractivity contribution in [2.45, 2.75) is 19.8 Å². The Morgan fingerprint density at radius 2 is 2.04 bits per heavy atom. The summed E-state index contributed by atoms with van der Waals surface area (Å²) >= 11 is 3.55. The van der Waals surface area contributed by atoms with E-state index in [4.69, 9.17) is 9.47 Å². The van der Waals surface area contributed by atoms with Gasteiger partial charge in [0.15, 0.2) is 5.69 Å². The van der Waals surface area contributed by atoms with E-state index in [1.54, 1.807) is 37.2 Å². The molecular weight excluding hydrogens is 412 g/mol. The molecule has 0 fully saturated rings. The second-order valence-electron chi connectivity index (χ2n) is 6.00. The Hall–Kier alpha value is -2.74. The number of hydrogen-bond acceptors (Lipinski definition) is 6. The zero-order chi connectivity index (χ0) is 19.0. The molecule has 1 aliphatic carbocycles. The van der Waals surface area contributed by atoms with Crippen LogP contribution >= 0.6 is 15.9 Å². The number of esters is 1. The first kappa shape index (κ1) is 17.7. The molecule has 1 aliphatic rings. The number of ether oxygens (including phenoxy) is 2. The second-order valence-corrected chi connectivity index (χ2v) is 6.86. The van der Waals surface area contributed by atoms with E-state index in [1.165, 1.54) is 0 Å². The van der Waals surface area contributed by atoms with Crippen molar-refractivity contribution in [3.05, 3.63) is 51.9 Å². The molecule has 27 heavy (non-hydrogen) atoms. The summed E-state index contributed by atoms with van der Waals surface area (Å²) in [6, 6.07) is 5.74. The van der Waals surface area contributed by atoms with E-state index in [-0.39, 0.29) is 0 Å². The van der Waals surface area contributed by atoms with Crippen LogP contribution in [0.15, 0.2) is 35.1 Å². The second kappa shape index (κ2) is 7.11. The number of carbonyl (C=O) groups is 1. The lowest BCUT2D eigenvalue weighted by molar-refractivity contribution is 0.0517. The molecule has 138 valence electrons. The first-order valence-electron chi connectivity index (χ1n) is 8.57. The number of aryl methyl sites for hydroxylation is 1. The molecule has 0 unspecified atom stereocenters. The number of fused-ring (bicyclic) bond motifs is 3. The van der Waals surface area contributed by atoms with Crippen LogP contribution in [-0.4, -0.2) is 39.4 Å². The largest absolute Gasteiger partial charge is 0.496 e. The molecule has 2 heterocycles. The maximum Gasteiger partial charge on any atom is 0.359 e. The molecule has 0 radical (unpaired) electrons. The highest BCUT2D eigenvalue weighted by atomic mass is 79.9.